The van der Waals surface area contributed by atoms with E-state index < -0.39 is 6.10 Å². The molecule has 1 aromatic heterocycles. The van der Waals surface area contributed by atoms with Crippen LogP contribution in [0.4, 0.5) is 0 Å². The number of carbonyl (C=O) groups excluding carboxylic acids is 2. The highest BCUT2D eigenvalue weighted by atomic mass is 16.3. The summed E-state index contributed by atoms with van der Waals surface area (Å²) in [6, 6.07) is 0. The molecule has 2 heterocycles. The molecule has 0 aliphatic carbocycles. The van der Waals surface area contributed by atoms with E-state index in [-0.39, 0.29) is 30.7 Å². The number of rotatable bonds is 4. The lowest BCUT2D eigenvalue weighted by Crippen LogP contribution is -2.29. The molecule has 1 aromatic rings. The molecule has 0 unspecified atom stereocenters. The number of carbonyl (C=O) groups is 2. The highest BCUT2D eigenvalue weighted by Gasteiger charge is 2.34. The maximum Gasteiger partial charge on any atom is 0.246 e. The number of aliphatic hydroxyl groups is 1. The smallest absolute Gasteiger partial charge is 0.246 e. The van der Waals surface area contributed by atoms with Crippen molar-refractivity contribution < 1.29 is 14.7 Å². The average molecular weight is 334 g/mol. The number of likely N-dealkylation sites (tertiary alicyclic amines) is 1. The summed E-state index contributed by atoms with van der Waals surface area (Å²) in [6.07, 6.45) is 2.88. The zero-order chi connectivity index (χ0) is 18.0. The molecule has 0 bridgehead atoms. The Morgan fingerprint density at radius 3 is 2.54 bits per heavy atom. The molecule has 132 valence electrons. The van der Waals surface area contributed by atoms with Crippen molar-refractivity contribution in [2.75, 3.05) is 27.2 Å². The lowest BCUT2D eigenvalue weighted by molar-refractivity contribution is -0.130. The monoisotopic (exact) mass is 334 g/mol. The average Bonchev–Trinajstić information content (AvgIpc) is 2.98. The van der Waals surface area contributed by atoms with E-state index in [1.165, 1.54) is 11.0 Å². The van der Waals surface area contributed by atoms with Gasteiger partial charge >= 0.3 is 0 Å². The van der Waals surface area contributed by atoms with Gasteiger partial charge in [0, 0.05) is 63.9 Å². The van der Waals surface area contributed by atoms with Gasteiger partial charge < -0.3 is 14.9 Å². The predicted octanol–water partition coefficient (Wildman–Crippen LogP) is 0.348. The van der Waals surface area contributed by atoms with Crippen LogP contribution in [0.5, 0.6) is 0 Å². The van der Waals surface area contributed by atoms with E-state index in [0.29, 0.717) is 6.54 Å². The first-order chi connectivity index (χ1) is 11.2. The molecule has 2 amide bonds. The summed E-state index contributed by atoms with van der Waals surface area (Å²) in [7, 11) is 5.24. The van der Waals surface area contributed by atoms with Crippen LogP contribution in [0.1, 0.15) is 23.4 Å². The molecule has 0 aromatic carbocycles. The number of amides is 2. The number of aliphatic hydroxyl groups excluding tert-OH is 1. The zero-order valence-electron chi connectivity index (χ0n) is 15.0. The standard InChI is InChI=1S/C17H26N4O3/c1-11-14(12(2)20(5)18-11)6-7-16(23)21-9-13(15(22)10-21)8-17(24)19(3)4/h6-7,13,15,22H,8-10H2,1-5H3/b7-6+/t13-,15-/m0/s1. The molecule has 24 heavy (non-hydrogen) atoms. The fraction of sp³-hybridized carbons (Fsp3) is 0.588. The fourth-order valence-corrected chi connectivity index (χ4v) is 2.93. The van der Waals surface area contributed by atoms with E-state index in [4.69, 9.17) is 0 Å². The Kier molecular flexibility index (Phi) is 5.43. The van der Waals surface area contributed by atoms with Crippen molar-refractivity contribution in [1.82, 2.24) is 19.6 Å². The number of nitrogens with zero attached hydrogens (tertiary/aromatic N) is 4. The Labute approximate surface area is 142 Å². The van der Waals surface area contributed by atoms with E-state index in [1.54, 1.807) is 29.8 Å². The van der Waals surface area contributed by atoms with Crippen molar-refractivity contribution in [2.45, 2.75) is 26.4 Å². The molecule has 0 saturated carbocycles. The number of hydrogen-bond acceptors (Lipinski definition) is 4. The predicted molar refractivity (Wildman–Crippen MR) is 91.1 cm³/mol. The van der Waals surface area contributed by atoms with Crippen molar-refractivity contribution in [2.24, 2.45) is 13.0 Å². The van der Waals surface area contributed by atoms with Gasteiger partial charge in [0.2, 0.25) is 11.8 Å². The van der Waals surface area contributed by atoms with Gasteiger partial charge in [-0.3, -0.25) is 14.3 Å². The summed E-state index contributed by atoms with van der Waals surface area (Å²) in [5, 5.41) is 14.4. The molecule has 1 aliphatic heterocycles. The van der Waals surface area contributed by atoms with Gasteiger partial charge in [-0.2, -0.15) is 5.10 Å². The zero-order valence-corrected chi connectivity index (χ0v) is 15.0. The van der Waals surface area contributed by atoms with Crippen LogP contribution in [-0.4, -0.2) is 69.8 Å². The number of aromatic nitrogens is 2. The van der Waals surface area contributed by atoms with Crippen LogP contribution in [0.3, 0.4) is 0 Å². The van der Waals surface area contributed by atoms with Crippen LogP contribution in [0.2, 0.25) is 0 Å². The summed E-state index contributed by atoms with van der Waals surface area (Å²) >= 11 is 0. The molecule has 1 fully saturated rings. The molecular formula is C17H26N4O3. The van der Waals surface area contributed by atoms with E-state index in [2.05, 4.69) is 5.10 Å². The highest BCUT2D eigenvalue weighted by molar-refractivity contribution is 5.92. The molecule has 0 spiro atoms. The SMILES string of the molecule is Cc1nn(C)c(C)c1/C=C/C(=O)N1C[C@H](CC(=O)N(C)C)[C@@H](O)C1. The Hall–Kier alpha value is -2.15. The first-order valence-corrected chi connectivity index (χ1v) is 8.06. The largest absolute Gasteiger partial charge is 0.391 e. The maximum absolute atomic E-state index is 12.4. The minimum Gasteiger partial charge on any atom is -0.391 e. The quantitative estimate of drug-likeness (QED) is 0.806. The van der Waals surface area contributed by atoms with Crippen LogP contribution in [-0.2, 0) is 16.6 Å². The van der Waals surface area contributed by atoms with Gasteiger partial charge in [0.25, 0.3) is 0 Å². The van der Waals surface area contributed by atoms with Crippen LogP contribution in [0.15, 0.2) is 6.08 Å². The van der Waals surface area contributed by atoms with Crippen molar-refractivity contribution in [3.63, 3.8) is 0 Å². The third kappa shape index (κ3) is 3.84. The molecule has 2 atom stereocenters. The second-order valence-electron chi connectivity index (χ2n) is 6.60. The second kappa shape index (κ2) is 7.17. The van der Waals surface area contributed by atoms with Crippen LogP contribution >= 0.6 is 0 Å². The van der Waals surface area contributed by atoms with Crippen molar-refractivity contribution >= 4 is 17.9 Å². The van der Waals surface area contributed by atoms with E-state index in [0.717, 1.165) is 17.0 Å². The van der Waals surface area contributed by atoms with Crippen LogP contribution in [0, 0.1) is 19.8 Å². The molecule has 7 nitrogen and oxygen atoms in total. The minimum atomic E-state index is -0.659. The van der Waals surface area contributed by atoms with Gasteiger partial charge in [0.05, 0.1) is 11.8 Å². The molecule has 1 aliphatic rings. The van der Waals surface area contributed by atoms with Crippen molar-refractivity contribution in [3.05, 3.63) is 23.0 Å². The molecule has 2 rings (SSSR count). The van der Waals surface area contributed by atoms with Crippen LogP contribution in [0.25, 0.3) is 6.08 Å². The number of aryl methyl sites for hydroxylation is 2. The van der Waals surface area contributed by atoms with Gasteiger partial charge in [-0.05, 0) is 19.9 Å². The minimum absolute atomic E-state index is 0.0366. The molecule has 7 heteroatoms. The first-order valence-electron chi connectivity index (χ1n) is 8.06. The third-order valence-corrected chi connectivity index (χ3v) is 4.61. The Morgan fingerprint density at radius 1 is 1.33 bits per heavy atom. The van der Waals surface area contributed by atoms with E-state index in [9.17, 15) is 14.7 Å². The van der Waals surface area contributed by atoms with Crippen LogP contribution < -0.4 is 0 Å². The lowest BCUT2D eigenvalue weighted by atomic mass is 10.0. The molecule has 1 N–H and O–H groups in total. The third-order valence-electron chi connectivity index (χ3n) is 4.61. The molecule has 1 saturated heterocycles. The topological polar surface area (TPSA) is 78.7 Å². The fourth-order valence-electron chi connectivity index (χ4n) is 2.93. The van der Waals surface area contributed by atoms with Gasteiger partial charge in [0.1, 0.15) is 0 Å². The Balaban J connectivity index is 2.01. The molecular weight excluding hydrogens is 308 g/mol. The Bertz CT molecular complexity index is 663. The summed E-state index contributed by atoms with van der Waals surface area (Å²) in [4.78, 5) is 27.3. The summed E-state index contributed by atoms with van der Waals surface area (Å²) < 4.78 is 1.78. The van der Waals surface area contributed by atoms with Gasteiger partial charge in [-0.15, -0.1) is 0 Å². The first kappa shape index (κ1) is 18.2. The summed E-state index contributed by atoms with van der Waals surface area (Å²) in [5.74, 6) is -0.402. The maximum atomic E-state index is 12.4. The lowest BCUT2D eigenvalue weighted by Gasteiger charge is -2.16. The van der Waals surface area contributed by atoms with E-state index in [1.807, 2.05) is 20.9 Å². The summed E-state index contributed by atoms with van der Waals surface area (Å²) in [6.45, 7) is 4.51. The molecule has 0 radical (unpaired) electrons. The summed E-state index contributed by atoms with van der Waals surface area (Å²) in [5.41, 5.74) is 2.80. The number of hydrogen-bond donors (Lipinski definition) is 1. The normalized spacial score (nSPS) is 20.8. The van der Waals surface area contributed by atoms with Gasteiger partial charge in [-0.25, -0.2) is 0 Å². The van der Waals surface area contributed by atoms with Crippen molar-refractivity contribution in [3.8, 4) is 0 Å². The van der Waals surface area contributed by atoms with Crippen molar-refractivity contribution in [1.29, 1.82) is 0 Å². The number of β-amino-alcohol motifs (C(OH)–C–C–N with tert-alkyl or cyclic N) is 1. The second-order valence-corrected chi connectivity index (χ2v) is 6.60. The Morgan fingerprint density at radius 2 is 2.00 bits per heavy atom. The van der Waals surface area contributed by atoms with Gasteiger partial charge in [0.15, 0.2) is 0 Å². The van der Waals surface area contributed by atoms with Gasteiger partial charge in [-0.1, -0.05) is 0 Å². The van der Waals surface area contributed by atoms with E-state index >= 15 is 0 Å². The highest BCUT2D eigenvalue weighted by Crippen LogP contribution is 2.22.